The molecule has 2 bridgehead atoms. The van der Waals surface area contributed by atoms with Gasteiger partial charge >= 0.3 is 16.4 Å². The van der Waals surface area contributed by atoms with Gasteiger partial charge in [-0.1, -0.05) is 5.16 Å². The van der Waals surface area contributed by atoms with E-state index in [1.54, 1.807) is 12.5 Å². The molecule has 23 heavy (non-hydrogen) atoms. The van der Waals surface area contributed by atoms with Crippen LogP contribution in [0, 0.1) is 0 Å². The molecule has 1 aromatic rings. The molecule has 126 valence electrons. The van der Waals surface area contributed by atoms with Gasteiger partial charge in [0.2, 0.25) is 0 Å². The average Bonchev–Trinajstić information content (AvgIpc) is 2.97. The Bertz CT molecular complexity index is 788. The molecule has 2 atom stereocenters. The van der Waals surface area contributed by atoms with E-state index in [0.29, 0.717) is 16.3 Å². The Kier molecular flexibility index (Phi) is 3.40. The van der Waals surface area contributed by atoms with Crippen LogP contribution in [-0.2, 0) is 21.7 Å². The number of aryl methyl sites for hydroxylation is 1. The number of amides is 2. The fourth-order valence-corrected chi connectivity index (χ4v) is 3.21. The summed E-state index contributed by atoms with van der Waals surface area (Å²) >= 11 is 0. The average molecular weight is 348 g/mol. The van der Waals surface area contributed by atoms with Crippen molar-refractivity contribution in [2.45, 2.75) is 12.1 Å². The van der Waals surface area contributed by atoms with Crippen LogP contribution in [0.15, 0.2) is 11.4 Å². The van der Waals surface area contributed by atoms with Crippen molar-refractivity contribution in [3.05, 3.63) is 17.5 Å². The lowest BCUT2D eigenvalue weighted by molar-refractivity contribution is -0.0316. The van der Waals surface area contributed by atoms with E-state index < -0.39 is 28.5 Å². The lowest BCUT2D eigenvalue weighted by Gasteiger charge is -2.30. The topological polar surface area (TPSA) is 170 Å². The van der Waals surface area contributed by atoms with E-state index >= 15 is 0 Å². The monoisotopic (exact) mass is 348 g/mol. The number of fused-ring (bicyclic) bond motifs is 4. The summed E-state index contributed by atoms with van der Waals surface area (Å²) < 4.78 is 36.5. The Labute approximate surface area is 129 Å². The summed E-state index contributed by atoms with van der Waals surface area (Å²) in [5.74, 6) is -0.365. The predicted molar refractivity (Wildman–Crippen MR) is 69.4 cm³/mol. The summed E-state index contributed by atoms with van der Waals surface area (Å²) in [4.78, 5) is 13.5. The van der Waals surface area contributed by atoms with Crippen molar-refractivity contribution in [3.8, 4) is 0 Å². The first-order chi connectivity index (χ1) is 10.8. The fraction of sp³-hybridized carbons (Fsp3) is 0.444. The summed E-state index contributed by atoms with van der Waals surface area (Å²) in [6.45, 7) is -0.0294. The smallest absolute Gasteiger partial charge is 0.409 e. The fourth-order valence-electron chi connectivity index (χ4n) is 2.84. The SMILES string of the molecule is Cn1ncc2c1[C@@H](/C(=N/O)NO)N1C[C@@H]2N(OS(=O)(=O)O)C1=O. The number of urea groups is 1. The minimum atomic E-state index is -4.92. The molecule has 2 aliphatic heterocycles. The van der Waals surface area contributed by atoms with E-state index in [2.05, 4.69) is 14.5 Å². The van der Waals surface area contributed by atoms with E-state index in [1.165, 1.54) is 10.9 Å². The van der Waals surface area contributed by atoms with Crippen molar-refractivity contribution in [3.63, 3.8) is 0 Å². The highest BCUT2D eigenvalue weighted by Crippen LogP contribution is 2.44. The molecule has 0 aromatic carbocycles. The first kappa shape index (κ1) is 15.5. The molecule has 2 amide bonds. The van der Waals surface area contributed by atoms with E-state index in [-0.39, 0.29) is 12.4 Å². The van der Waals surface area contributed by atoms with Gasteiger partial charge in [-0.2, -0.15) is 18.6 Å². The molecule has 4 N–H and O–H groups in total. The Balaban J connectivity index is 2.13. The third kappa shape index (κ3) is 2.27. The van der Waals surface area contributed by atoms with Gasteiger partial charge in [-0.05, 0) is 0 Å². The van der Waals surface area contributed by atoms with Gasteiger partial charge in [0.1, 0.15) is 12.1 Å². The number of nitrogens with one attached hydrogen (secondary N) is 1. The largest absolute Gasteiger partial charge is 0.418 e. The van der Waals surface area contributed by atoms with Gasteiger partial charge in [-0.25, -0.2) is 4.79 Å². The first-order valence-electron chi connectivity index (χ1n) is 6.19. The van der Waals surface area contributed by atoms with Crippen LogP contribution in [0.4, 0.5) is 4.79 Å². The minimum Gasteiger partial charge on any atom is -0.409 e. The van der Waals surface area contributed by atoms with Gasteiger partial charge in [-0.15, -0.1) is 4.28 Å². The molecule has 3 heterocycles. The lowest BCUT2D eigenvalue weighted by atomic mass is 9.97. The van der Waals surface area contributed by atoms with E-state index in [4.69, 9.17) is 15.0 Å². The highest BCUT2D eigenvalue weighted by Gasteiger charge is 2.53. The molecule has 0 spiro atoms. The van der Waals surface area contributed by atoms with Crippen molar-refractivity contribution in [1.29, 1.82) is 0 Å². The van der Waals surface area contributed by atoms with Gasteiger partial charge < -0.3 is 10.1 Å². The van der Waals surface area contributed by atoms with Crippen LogP contribution in [0.3, 0.4) is 0 Å². The molecular formula is C9H12N6O7S. The molecule has 1 aromatic heterocycles. The van der Waals surface area contributed by atoms with Crippen LogP contribution in [0.5, 0.6) is 0 Å². The first-order valence-corrected chi connectivity index (χ1v) is 7.55. The molecule has 3 rings (SSSR count). The summed E-state index contributed by atoms with van der Waals surface area (Å²) in [5.41, 5.74) is 2.48. The van der Waals surface area contributed by atoms with Crippen LogP contribution in [0.1, 0.15) is 23.3 Å². The standard InChI is InChI=1S/C9H12N6O7S/c1-13-6-4(2-10-13)5-3-14(7(6)8(11-17)12-18)9(16)15(5)22-23(19,20)21/h2,5,7,17-18H,3H2,1H3,(H,11,12)(H,19,20,21)/t5-,7-/m0/s1. The number of carbonyl (C=O) groups excluding carboxylic acids is 1. The van der Waals surface area contributed by atoms with Gasteiger partial charge in [0.25, 0.3) is 0 Å². The van der Waals surface area contributed by atoms with Crippen LogP contribution < -0.4 is 5.48 Å². The predicted octanol–water partition coefficient (Wildman–Crippen LogP) is -1.25. The number of hydroxylamine groups is 3. The quantitative estimate of drug-likeness (QED) is 0.171. The van der Waals surface area contributed by atoms with Gasteiger partial charge in [-0.3, -0.25) is 19.9 Å². The van der Waals surface area contributed by atoms with E-state index in [0.717, 1.165) is 4.90 Å². The number of carbonyl (C=O) groups is 1. The Morgan fingerprint density at radius 2 is 2.26 bits per heavy atom. The number of oxime groups is 1. The molecule has 0 aliphatic carbocycles. The molecule has 0 unspecified atom stereocenters. The van der Waals surface area contributed by atoms with E-state index in [1.807, 2.05) is 0 Å². The van der Waals surface area contributed by atoms with Crippen molar-refractivity contribution in [1.82, 2.24) is 25.2 Å². The van der Waals surface area contributed by atoms with Crippen LogP contribution in [-0.4, -0.2) is 61.5 Å². The molecule has 1 fully saturated rings. The number of hydrogen-bond acceptors (Lipinski definition) is 8. The Hall–Kier alpha value is -2.42. The minimum absolute atomic E-state index is 0.0294. The molecule has 1 saturated heterocycles. The summed E-state index contributed by atoms with van der Waals surface area (Å²) in [7, 11) is -3.36. The molecule has 0 radical (unpaired) electrons. The number of rotatable bonds is 3. The van der Waals surface area contributed by atoms with Crippen molar-refractivity contribution in [2.24, 2.45) is 12.2 Å². The zero-order valence-corrected chi connectivity index (χ0v) is 12.4. The molecular weight excluding hydrogens is 336 g/mol. The normalized spacial score (nSPS) is 24.1. The third-order valence-corrected chi connectivity index (χ3v) is 4.04. The maximum absolute atomic E-state index is 12.4. The van der Waals surface area contributed by atoms with Crippen molar-refractivity contribution >= 4 is 22.3 Å². The number of nitrogens with zero attached hydrogens (tertiary/aromatic N) is 5. The summed E-state index contributed by atoms with van der Waals surface area (Å²) in [6.07, 6.45) is 1.38. The van der Waals surface area contributed by atoms with Crippen LogP contribution >= 0.6 is 0 Å². The van der Waals surface area contributed by atoms with Crippen molar-refractivity contribution < 1.29 is 32.5 Å². The number of amidine groups is 1. The summed E-state index contributed by atoms with van der Waals surface area (Å²) in [5, 5.41) is 25.5. The lowest BCUT2D eigenvalue weighted by Crippen LogP contribution is -2.43. The zero-order valence-electron chi connectivity index (χ0n) is 11.6. The van der Waals surface area contributed by atoms with Crippen molar-refractivity contribution in [2.75, 3.05) is 6.54 Å². The zero-order chi connectivity index (χ0) is 16.9. The third-order valence-electron chi connectivity index (χ3n) is 3.69. The van der Waals surface area contributed by atoms with E-state index in [9.17, 15) is 13.2 Å². The van der Waals surface area contributed by atoms with Crippen LogP contribution in [0.2, 0.25) is 0 Å². The van der Waals surface area contributed by atoms with Gasteiger partial charge in [0, 0.05) is 12.6 Å². The maximum atomic E-state index is 12.4. The van der Waals surface area contributed by atoms with Crippen LogP contribution in [0.25, 0.3) is 0 Å². The Morgan fingerprint density at radius 1 is 1.57 bits per heavy atom. The van der Waals surface area contributed by atoms with Gasteiger partial charge in [0.05, 0.1) is 18.4 Å². The highest BCUT2D eigenvalue weighted by atomic mass is 32.3. The number of hydrogen-bond donors (Lipinski definition) is 4. The maximum Gasteiger partial charge on any atom is 0.418 e. The second-order valence-corrected chi connectivity index (χ2v) is 5.89. The highest BCUT2D eigenvalue weighted by molar-refractivity contribution is 7.80. The summed E-state index contributed by atoms with van der Waals surface area (Å²) in [6, 6.07) is -2.79. The molecule has 2 aliphatic rings. The molecule has 13 nitrogen and oxygen atoms in total. The number of aromatic nitrogens is 2. The second-order valence-electron chi connectivity index (χ2n) is 4.89. The van der Waals surface area contributed by atoms with Gasteiger partial charge in [0.15, 0.2) is 5.84 Å². The second kappa shape index (κ2) is 5.05. The molecule has 14 heteroatoms. The Morgan fingerprint density at radius 3 is 2.83 bits per heavy atom. The molecule has 0 saturated carbocycles.